The molecule has 0 saturated heterocycles. The fraction of sp³-hybridized carbons (Fsp3) is 0.235. The summed E-state index contributed by atoms with van der Waals surface area (Å²) in [4.78, 5) is 16.5. The van der Waals surface area contributed by atoms with Crippen LogP contribution in [-0.2, 0) is 11.2 Å². The zero-order valence-electron chi connectivity index (χ0n) is 13.4. The molecule has 3 rings (SSSR count). The summed E-state index contributed by atoms with van der Waals surface area (Å²) in [5.41, 5.74) is 8.32. The van der Waals surface area contributed by atoms with E-state index in [4.69, 9.17) is 20.1 Å². The number of oxazole rings is 1. The number of aromatic nitrogens is 2. The topological polar surface area (TPSA) is 107 Å². The molecule has 7 nitrogen and oxygen atoms in total. The van der Waals surface area contributed by atoms with Crippen molar-refractivity contribution in [2.45, 2.75) is 19.8 Å². The summed E-state index contributed by atoms with van der Waals surface area (Å²) in [6, 6.07) is 7.31. The van der Waals surface area contributed by atoms with E-state index in [1.165, 1.54) is 17.9 Å². The van der Waals surface area contributed by atoms with Crippen molar-refractivity contribution in [2.75, 3.05) is 12.8 Å². The van der Waals surface area contributed by atoms with Crippen molar-refractivity contribution in [1.29, 1.82) is 5.26 Å². The first-order valence-electron chi connectivity index (χ1n) is 7.48. The van der Waals surface area contributed by atoms with Crippen LogP contribution in [0.4, 0.5) is 5.69 Å². The molecule has 7 heteroatoms. The molecule has 2 heterocycles. The second-order valence-electron chi connectivity index (χ2n) is 5.29. The van der Waals surface area contributed by atoms with Crippen LogP contribution in [0.2, 0.25) is 0 Å². The molecule has 0 amide bonds. The van der Waals surface area contributed by atoms with E-state index in [-0.39, 0.29) is 16.9 Å². The maximum atomic E-state index is 12.0. The summed E-state index contributed by atoms with van der Waals surface area (Å²) in [6.45, 7) is 2.05. The third-order valence-electron chi connectivity index (χ3n) is 3.70. The Hall–Kier alpha value is -3.27. The van der Waals surface area contributed by atoms with Crippen molar-refractivity contribution in [2.24, 2.45) is 0 Å². The summed E-state index contributed by atoms with van der Waals surface area (Å²) in [5, 5.41) is 9.17. The van der Waals surface area contributed by atoms with E-state index in [9.17, 15) is 4.79 Å². The number of nitrogens with zero attached hydrogens (tertiary/aromatic N) is 3. The van der Waals surface area contributed by atoms with Crippen LogP contribution in [0.15, 0.2) is 28.8 Å². The number of carbonyl (C=O) groups is 1. The van der Waals surface area contributed by atoms with E-state index < -0.39 is 5.97 Å². The number of methoxy groups -OCH3 is 1. The molecule has 0 bridgehead atoms. The number of esters is 1. The van der Waals surface area contributed by atoms with E-state index in [0.29, 0.717) is 22.7 Å². The molecule has 2 N–H and O–H groups in total. The van der Waals surface area contributed by atoms with Gasteiger partial charge in [0.25, 0.3) is 0 Å². The highest BCUT2D eigenvalue weighted by Gasteiger charge is 2.22. The molecule has 0 saturated carbocycles. The Kier molecular flexibility index (Phi) is 3.96. The number of rotatable bonds is 4. The van der Waals surface area contributed by atoms with Gasteiger partial charge in [0, 0.05) is 18.3 Å². The highest BCUT2D eigenvalue weighted by molar-refractivity contribution is 5.96. The fourth-order valence-corrected chi connectivity index (χ4v) is 2.55. The Balaban J connectivity index is 2.16. The molecule has 0 spiro atoms. The van der Waals surface area contributed by atoms with Gasteiger partial charge in [-0.2, -0.15) is 5.26 Å². The first-order valence-corrected chi connectivity index (χ1v) is 7.48. The van der Waals surface area contributed by atoms with Crippen molar-refractivity contribution in [3.8, 4) is 11.8 Å². The summed E-state index contributed by atoms with van der Waals surface area (Å²) in [7, 11) is 1.27. The zero-order chi connectivity index (χ0) is 17.3. The Bertz CT molecular complexity index is 962. The highest BCUT2D eigenvalue weighted by atomic mass is 16.5. The lowest BCUT2D eigenvalue weighted by Gasteiger charge is -2.08. The fourth-order valence-electron chi connectivity index (χ4n) is 2.55. The Labute approximate surface area is 138 Å². The SMILES string of the molecule is CCCc1nc2cc(-n3cc(C#N)c(N)c3C(=O)OC)ccc2o1. The first-order chi connectivity index (χ1) is 11.6. The third-order valence-corrected chi connectivity index (χ3v) is 3.70. The average molecular weight is 324 g/mol. The zero-order valence-corrected chi connectivity index (χ0v) is 13.4. The van der Waals surface area contributed by atoms with Gasteiger partial charge in [0.15, 0.2) is 17.2 Å². The number of aryl methyl sites for hydroxylation is 1. The second kappa shape index (κ2) is 6.08. The standard InChI is InChI=1S/C17H16N4O3/c1-3-4-14-20-12-7-11(5-6-13(12)24-14)21-9-10(8-18)15(19)16(21)17(22)23-2/h5-7,9H,3-4,19H2,1-2H3. The van der Waals surface area contributed by atoms with E-state index in [1.54, 1.807) is 18.2 Å². The summed E-state index contributed by atoms with van der Waals surface area (Å²) < 4.78 is 12.0. The molecule has 24 heavy (non-hydrogen) atoms. The number of benzene rings is 1. The Morgan fingerprint density at radius 3 is 2.96 bits per heavy atom. The Morgan fingerprint density at radius 2 is 2.29 bits per heavy atom. The minimum Gasteiger partial charge on any atom is -0.464 e. The highest BCUT2D eigenvalue weighted by Crippen LogP contribution is 2.27. The van der Waals surface area contributed by atoms with Crippen molar-refractivity contribution in [3.05, 3.63) is 41.5 Å². The number of nitriles is 1. The van der Waals surface area contributed by atoms with Crippen LogP contribution in [0.3, 0.4) is 0 Å². The maximum Gasteiger partial charge on any atom is 0.357 e. The lowest BCUT2D eigenvalue weighted by Crippen LogP contribution is -2.11. The summed E-state index contributed by atoms with van der Waals surface area (Å²) >= 11 is 0. The largest absolute Gasteiger partial charge is 0.464 e. The molecule has 0 atom stereocenters. The lowest BCUT2D eigenvalue weighted by molar-refractivity contribution is 0.0593. The molecule has 1 aromatic carbocycles. The first kappa shape index (κ1) is 15.6. The second-order valence-corrected chi connectivity index (χ2v) is 5.29. The van der Waals surface area contributed by atoms with Crippen molar-refractivity contribution in [1.82, 2.24) is 9.55 Å². The molecular weight excluding hydrogens is 308 g/mol. The molecule has 122 valence electrons. The number of hydrogen-bond donors (Lipinski definition) is 1. The van der Waals surface area contributed by atoms with Gasteiger partial charge in [-0.25, -0.2) is 9.78 Å². The number of hydrogen-bond acceptors (Lipinski definition) is 6. The molecular formula is C17H16N4O3. The molecule has 0 unspecified atom stereocenters. The van der Waals surface area contributed by atoms with Crippen LogP contribution < -0.4 is 5.73 Å². The van der Waals surface area contributed by atoms with Crippen molar-refractivity contribution >= 4 is 22.8 Å². The van der Waals surface area contributed by atoms with Gasteiger partial charge in [-0.15, -0.1) is 0 Å². The van der Waals surface area contributed by atoms with Gasteiger partial charge in [-0.05, 0) is 24.6 Å². The average Bonchev–Trinajstić information content (AvgIpc) is 3.13. The molecule has 3 aromatic rings. The van der Waals surface area contributed by atoms with Crippen LogP contribution in [0, 0.1) is 11.3 Å². The van der Waals surface area contributed by atoms with Gasteiger partial charge >= 0.3 is 5.97 Å². The number of nitrogens with two attached hydrogens (primary N) is 1. The van der Waals surface area contributed by atoms with E-state index in [1.807, 2.05) is 6.07 Å². The quantitative estimate of drug-likeness (QED) is 0.739. The minimum absolute atomic E-state index is 0.0938. The van der Waals surface area contributed by atoms with Crippen molar-refractivity contribution in [3.63, 3.8) is 0 Å². The van der Waals surface area contributed by atoms with Gasteiger partial charge in [0.05, 0.1) is 18.4 Å². The van der Waals surface area contributed by atoms with E-state index in [0.717, 1.165) is 12.8 Å². The van der Waals surface area contributed by atoms with Crippen LogP contribution in [-0.4, -0.2) is 22.6 Å². The normalized spacial score (nSPS) is 10.7. The molecule has 0 aliphatic rings. The molecule has 0 aliphatic heterocycles. The molecule has 2 aromatic heterocycles. The van der Waals surface area contributed by atoms with E-state index in [2.05, 4.69) is 11.9 Å². The number of fused-ring (bicyclic) bond motifs is 1. The van der Waals surface area contributed by atoms with Crippen LogP contribution in [0.1, 0.15) is 35.3 Å². The molecule has 0 fully saturated rings. The predicted molar refractivity (Wildman–Crippen MR) is 87.8 cm³/mol. The van der Waals surface area contributed by atoms with Gasteiger partial charge in [-0.3, -0.25) is 0 Å². The smallest absolute Gasteiger partial charge is 0.357 e. The van der Waals surface area contributed by atoms with Crippen LogP contribution in [0.25, 0.3) is 16.8 Å². The Morgan fingerprint density at radius 1 is 1.50 bits per heavy atom. The number of ether oxygens (including phenoxy) is 1. The number of carbonyl (C=O) groups excluding carboxylic acids is 1. The van der Waals surface area contributed by atoms with Gasteiger partial charge in [0.2, 0.25) is 0 Å². The predicted octanol–water partition coefficient (Wildman–Crippen LogP) is 2.81. The molecule has 0 radical (unpaired) electrons. The number of nitrogen functional groups attached to an aromatic ring is 1. The minimum atomic E-state index is -0.610. The van der Waals surface area contributed by atoms with Crippen LogP contribution >= 0.6 is 0 Å². The summed E-state index contributed by atoms with van der Waals surface area (Å²) in [5.74, 6) is 0.0588. The van der Waals surface area contributed by atoms with Crippen molar-refractivity contribution < 1.29 is 13.9 Å². The summed E-state index contributed by atoms with van der Waals surface area (Å²) in [6.07, 6.45) is 3.20. The maximum absolute atomic E-state index is 12.0. The third kappa shape index (κ3) is 2.48. The lowest BCUT2D eigenvalue weighted by atomic mass is 10.2. The van der Waals surface area contributed by atoms with E-state index >= 15 is 0 Å². The molecule has 0 aliphatic carbocycles. The monoisotopic (exact) mass is 324 g/mol. The van der Waals surface area contributed by atoms with Gasteiger partial charge in [-0.1, -0.05) is 6.92 Å². The number of anilines is 1. The van der Waals surface area contributed by atoms with Crippen LogP contribution in [0.5, 0.6) is 0 Å². The van der Waals surface area contributed by atoms with Gasteiger partial charge < -0.3 is 19.5 Å². The van der Waals surface area contributed by atoms with Gasteiger partial charge in [0.1, 0.15) is 11.6 Å².